The molecule has 92 valence electrons. The Balaban J connectivity index is 3.04. The molecule has 17 heavy (non-hydrogen) atoms. The summed E-state index contributed by atoms with van der Waals surface area (Å²) in [6.45, 7) is 3.39. The van der Waals surface area contributed by atoms with Crippen molar-refractivity contribution in [2.45, 2.75) is 20.0 Å². The fourth-order valence-electron chi connectivity index (χ4n) is 1.26. The quantitative estimate of drug-likeness (QED) is 0.733. The number of allylic oxidation sites excluding steroid dienone is 1. The van der Waals surface area contributed by atoms with Crippen molar-refractivity contribution < 1.29 is 18.0 Å². The number of halogens is 3. The SMILES string of the molecule is CC(C)C(=O)/C=C/c1ccccc1C(F)(F)F. The van der Waals surface area contributed by atoms with Crippen molar-refractivity contribution in [2.24, 2.45) is 5.92 Å². The molecule has 0 saturated heterocycles. The Morgan fingerprint density at radius 3 is 2.35 bits per heavy atom. The summed E-state index contributed by atoms with van der Waals surface area (Å²) < 4.78 is 37.8. The summed E-state index contributed by atoms with van der Waals surface area (Å²) >= 11 is 0. The molecule has 0 fully saturated rings. The van der Waals surface area contributed by atoms with Gasteiger partial charge in [-0.2, -0.15) is 13.2 Å². The molecule has 0 heterocycles. The number of ketones is 1. The Morgan fingerprint density at radius 2 is 1.82 bits per heavy atom. The van der Waals surface area contributed by atoms with Crippen molar-refractivity contribution in [1.82, 2.24) is 0 Å². The van der Waals surface area contributed by atoms with Crippen LogP contribution in [0.25, 0.3) is 6.08 Å². The summed E-state index contributed by atoms with van der Waals surface area (Å²) in [6, 6.07) is 5.17. The van der Waals surface area contributed by atoms with Gasteiger partial charge in [0.05, 0.1) is 5.56 Å². The van der Waals surface area contributed by atoms with E-state index in [1.165, 1.54) is 30.4 Å². The van der Waals surface area contributed by atoms with Crippen molar-refractivity contribution in [3.8, 4) is 0 Å². The van der Waals surface area contributed by atoms with Gasteiger partial charge in [0.2, 0.25) is 0 Å². The summed E-state index contributed by atoms with van der Waals surface area (Å²) in [6.07, 6.45) is -2.00. The number of carbonyl (C=O) groups is 1. The van der Waals surface area contributed by atoms with E-state index < -0.39 is 11.7 Å². The normalized spacial score (nSPS) is 12.4. The highest BCUT2D eigenvalue weighted by atomic mass is 19.4. The maximum Gasteiger partial charge on any atom is 0.416 e. The van der Waals surface area contributed by atoms with Crippen LogP contribution in [-0.2, 0) is 11.0 Å². The fraction of sp³-hybridized carbons (Fsp3) is 0.308. The van der Waals surface area contributed by atoms with Gasteiger partial charge in [-0.05, 0) is 17.7 Å². The first-order chi connectivity index (χ1) is 7.82. The van der Waals surface area contributed by atoms with Gasteiger partial charge in [0.15, 0.2) is 5.78 Å². The lowest BCUT2D eigenvalue weighted by Gasteiger charge is -2.09. The Bertz CT molecular complexity index is 431. The summed E-state index contributed by atoms with van der Waals surface area (Å²) in [5.74, 6) is -0.411. The van der Waals surface area contributed by atoms with Gasteiger partial charge in [0.1, 0.15) is 0 Å². The van der Waals surface area contributed by atoms with Crippen LogP contribution in [0, 0.1) is 5.92 Å². The van der Waals surface area contributed by atoms with Gasteiger partial charge >= 0.3 is 6.18 Å². The number of hydrogen-bond acceptors (Lipinski definition) is 1. The van der Waals surface area contributed by atoms with E-state index in [-0.39, 0.29) is 17.3 Å². The van der Waals surface area contributed by atoms with Gasteiger partial charge in [0, 0.05) is 5.92 Å². The van der Waals surface area contributed by atoms with E-state index in [9.17, 15) is 18.0 Å². The molecule has 0 amide bonds. The largest absolute Gasteiger partial charge is 0.416 e. The summed E-state index contributed by atoms with van der Waals surface area (Å²) in [4.78, 5) is 11.3. The second-order valence-corrected chi connectivity index (χ2v) is 3.98. The summed E-state index contributed by atoms with van der Waals surface area (Å²) in [5.41, 5.74) is -0.721. The van der Waals surface area contributed by atoms with Crippen LogP contribution in [-0.4, -0.2) is 5.78 Å². The molecule has 1 nitrogen and oxygen atoms in total. The lowest BCUT2D eigenvalue weighted by atomic mass is 10.0. The molecule has 0 aliphatic heterocycles. The molecule has 4 heteroatoms. The maximum absolute atomic E-state index is 12.6. The van der Waals surface area contributed by atoms with Crippen LogP contribution in [0.1, 0.15) is 25.0 Å². The molecule has 1 aromatic carbocycles. The Hall–Kier alpha value is -1.58. The van der Waals surface area contributed by atoms with E-state index in [0.717, 1.165) is 6.07 Å². The molecule has 0 atom stereocenters. The number of benzene rings is 1. The minimum Gasteiger partial charge on any atom is -0.295 e. The number of carbonyl (C=O) groups excluding carboxylic acids is 1. The first kappa shape index (κ1) is 13.5. The first-order valence-electron chi connectivity index (χ1n) is 5.20. The van der Waals surface area contributed by atoms with Crippen LogP contribution >= 0.6 is 0 Å². The molecule has 0 unspecified atom stereocenters. The van der Waals surface area contributed by atoms with Crippen molar-refractivity contribution in [3.63, 3.8) is 0 Å². The Morgan fingerprint density at radius 1 is 1.24 bits per heavy atom. The third-order valence-corrected chi connectivity index (χ3v) is 2.26. The van der Waals surface area contributed by atoms with E-state index in [2.05, 4.69) is 0 Å². The Kier molecular flexibility index (Phi) is 4.10. The average molecular weight is 242 g/mol. The topological polar surface area (TPSA) is 17.1 Å². The van der Waals surface area contributed by atoms with Crippen molar-refractivity contribution >= 4 is 11.9 Å². The van der Waals surface area contributed by atoms with E-state index >= 15 is 0 Å². The van der Waals surface area contributed by atoms with Crippen LogP contribution in [0.4, 0.5) is 13.2 Å². The van der Waals surface area contributed by atoms with Crippen LogP contribution in [0.5, 0.6) is 0 Å². The molecule has 0 aliphatic carbocycles. The standard InChI is InChI=1S/C13H13F3O/c1-9(2)12(17)8-7-10-5-3-4-6-11(10)13(14,15)16/h3-9H,1-2H3/b8-7+. The van der Waals surface area contributed by atoms with Crippen LogP contribution in [0.3, 0.4) is 0 Å². The molecule has 1 rings (SSSR count). The van der Waals surface area contributed by atoms with Gasteiger partial charge in [0.25, 0.3) is 0 Å². The molecule has 0 bridgehead atoms. The predicted molar refractivity (Wildman–Crippen MR) is 60.3 cm³/mol. The molecule has 0 aromatic heterocycles. The molecular formula is C13H13F3O. The highest BCUT2D eigenvalue weighted by Gasteiger charge is 2.32. The highest BCUT2D eigenvalue weighted by molar-refractivity contribution is 5.95. The third kappa shape index (κ3) is 3.73. The fourth-order valence-corrected chi connectivity index (χ4v) is 1.26. The monoisotopic (exact) mass is 242 g/mol. The van der Waals surface area contributed by atoms with E-state index in [0.29, 0.717) is 0 Å². The zero-order chi connectivity index (χ0) is 13.1. The van der Waals surface area contributed by atoms with Gasteiger partial charge < -0.3 is 0 Å². The zero-order valence-electron chi connectivity index (χ0n) is 9.58. The summed E-state index contributed by atoms with van der Waals surface area (Å²) in [5, 5.41) is 0. The predicted octanol–water partition coefficient (Wildman–Crippen LogP) is 3.94. The highest BCUT2D eigenvalue weighted by Crippen LogP contribution is 2.32. The molecule has 0 saturated carbocycles. The Labute approximate surface area is 98.0 Å². The second kappa shape index (κ2) is 5.17. The van der Waals surface area contributed by atoms with Crippen LogP contribution in [0.2, 0.25) is 0 Å². The number of hydrogen-bond donors (Lipinski definition) is 0. The molecule has 0 spiro atoms. The minimum atomic E-state index is -4.40. The van der Waals surface area contributed by atoms with E-state index in [4.69, 9.17) is 0 Å². The number of rotatable bonds is 3. The van der Waals surface area contributed by atoms with Crippen molar-refractivity contribution in [2.75, 3.05) is 0 Å². The van der Waals surface area contributed by atoms with Gasteiger partial charge in [-0.3, -0.25) is 4.79 Å². The van der Waals surface area contributed by atoms with E-state index in [1.807, 2.05) is 0 Å². The molecule has 1 aromatic rings. The maximum atomic E-state index is 12.6. The second-order valence-electron chi connectivity index (χ2n) is 3.98. The first-order valence-corrected chi connectivity index (χ1v) is 5.20. The van der Waals surface area contributed by atoms with E-state index in [1.54, 1.807) is 13.8 Å². The molecule has 0 N–H and O–H groups in total. The van der Waals surface area contributed by atoms with Crippen molar-refractivity contribution in [3.05, 3.63) is 41.5 Å². The smallest absolute Gasteiger partial charge is 0.295 e. The number of alkyl halides is 3. The molecule has 0 radical (unpaired) electrons. The van der Waals surface area contributed by atoms with Gasteiger partial charge in [-0.25, -0.2) is 0 Å². The van der Waals surface area contributed by atoms with Crippen LogP contribution in [0.15, 0.2) is 30.3 Å². The van der Waals surface area contributed by atoms with Crippen molar-refractivity contribution in [1.29, 1.82) is 0 Å². The zero-order valence-corrected chi connectivity index (χ0v) is 9.58. The lowest BCUT2D eigenvalue weighted by molar-refractivity contribution is -0.137. The average Bonchev–Trinajstić information content (AvgIpc) is 2.24. The minimum absolute atomic E-state index is 0.00833. The third-order valence-electron chi connectivity index (χ3n) is 2.26. The van der Waals surface area contributed by atoms with Gasteiger partial charge in [-0.15, -0.1) is 0 Å². The lowest BCUT2D eigenvalue weighted by Crippen LogP contribution is -2.07. The molecule has 0 aliphatic rings. The van der Waals surface area contributed by atoms with Crippen LogP contribution < -0.4 is 0 Å². The van der Waals surface area contributed by atoms with Gasteiger partial charge in [-0.1, -0.05) is 38.1 Å². The summed E-state index contributed by atoms with van der Waals surface area (Å²) in [7, 11) is 0. The molecular weight excluding hydrogens is 229 g/mol.